The van der Waals surface area contributed by atoms with Crippen LogP contribution >= 0.6 is 0 Å². The molecule has 0 nitrogen and oxygen atoms in total. The maximum absolute atomic E-state index is 2.37. The molecule has 17 heavy (non-hydrogen) atoms. The number of allylic oxidation sites excluding steroid dienone is 2. The largest absolute Gasteiger partial charge is 0.0738 e. The third kappa shape index (κ3) is 3.21. The Balaban J connectivity index is 2.09. The molecule has 0 amide bonds. The molecular formula is C17H24. The van der Waals surface area contributed by atoms with Crippen molar-refractivity contribution in [3.63, 3.8) is 0 Å². The van der Waals surface area contributed by atoms with Gasteiger partial charge in [0.1, 0.15) is 0 Å². The first kappa shape index (κ1) is 12.4. The molecule has 2 rings (SSSR count). The molecule has 0 saturated heterocycles. The molecule has 0 heteroatoms. The van der Waals surface area contributed by atoms with E-state index in [-0.39, 0.29) is 0 Å². The Morgan fingerprint density at radius 3 is 2.53 bits per heavy atom. The molecule has 0 aromatic heterocycles. The van der Waals surface area contributed by atoms with Gasteiger partial charge in [0, 0.05) is 0 Å². The Kier molecular flexibility index (Phi) is 4.04. The molecule has 0 aliphatic heterocycles. The first-order valence-electron chi connectivity index (χ1n) is 6.88. The second-order valence-corrected chi connectivity index (χ2v) is 5.79. The van der Waals surface area contributed by atoms with Crippen molar-refractivity contribution in [2.45, 2.75) is 46.5 Å². The van der Waals surface area contributed by atoms with Crippen molar-refractivity contribution in [3.8, 4) is 0 Å². The van der Waals surface area contributed by atoms with Crippen LogP contribution in [0.3, 0.4) is 0 Å². The predicted molar refractivity (Wildman–Crippen MR) is 75.0 cm³/mol. The van der Waals surface area contributed by atoms with Crippen LogP contribution in [0.15, 0.2) is 41.5 Å². The zero-order chi connectivity index (χ0) is 12.3. The van der Waals surface area contributed by atoms with Gasteiger partial charge in [0.2, 0.25) is 0 Å². The lowest BCUT2D eigenvalue weighted by Gasteiger charge is -2.29. The zero-order valence-electron chi connectivity index (χ0n) is 11.4. The minimum Gasteiger partial charge on any atom is -0.0738 e. The number of hydrogen-bond donors (Lipinski definition) is 0. The summed E-state index contributed by atoms with van der Waals surface area (Å²) in [6.45, 7) is 7.06. The molecule has 0 fully saturated rings. The minimum absolute atomic E-state index is 0.828. The fraction of sp³-hybridized carbons (Fsp3) is 0.529. The maximum Gasteiger partial charge on any atom is -0.00644 e. The summed E-state index contributed by atoms with van der Waals surface area (Å²) in [6, 6.07) is 10.9. The molecule has 0 radical (unpaired) electrons. The van der Waals surface area contributed by atoms with Gasteiger partial charge in [-0.1, -0.05) is 55.3 Å². The van der Waals surface area contributed by atoms with Crippen molar-refractivity contribution in [2.24, 2.45) is 11.8 Å². The van der Waals surface area contributed by atoms with Crippen LogP contribution < -0.4 is 0 Å². The van der Waals surface area contributed by atoms with Gasteiger partial charge < -0.3 is 0 Å². The first-order chi connectivity index (χ1) is 8.16. The molecular weight excluding hydrogens is 204 g/mol. The van der Waals surface area contributed by atoms with Gasteiger partial charge in [0.05, 0.1) is 0 Å². The number of rotatable bonds is 3. The molecule has 1 aromatic carbocycles. The monoisotopic (exact) mass is 228 g/mol. The predicted octanol–water partition coefficient (Wildman–Crippen LogP) is 5.00. The average Bonchev–Trinajstić information content (AvgIpc) is 2.33. The highest BCUT2D eigenvalue weighted by atomic mass is 14.3. The van der Waals surface area contributed by atoms with Crippen LogP contribution in [0.5, 0.6) is 0 Å². The van der Waals surface area contributed by atoms with Gasteiger partial charge in [-0.3, -0.25) is 0 Å². The standard InChI is InChI=1S/C17H24/c1-13(2)16-10-9-14(3)17(12-16)11-15-7-5-4-6-8-15/h4-8,13,16H,9-12H2,1-3H3. The Bertz CT molecular complexity index is 384. The summed E-state index contributed by atoms with van der Waals surface area (Å²) in [5, 5.41) is 0. The summed E-state index contributed by atoms with van der Waals surface area (Å²) in [6.07, 6.45) is 5.18. The molecule has 1 atom stereocenters. The van der Waals surface area contributed by atoms with Gasteiger partial charge >= 0.3 is 0 Å². The van der Waals surface area contributed by atoms with Crippen LogP contribution in [0.4, 0.5) is 0 Å². The van der Waals surface area contributed by atoms with E-state index in [9.17, 15) is 0 Å². The number of benzene rings is 1. The summed E-state index contributed by atoms with van der Waals surface area (Å²) in [7, 11) is 0. The van der Waals surface area contributed by atoms with E-state index in [1.807, 2.05) is 0 Å². The minimum atomic E-state index is 0.828. The van der Waals surface area contributed by atoms with E-state index in [0.717, 1.165) is 18.3 Å². The molecule has 1 unspecified atom stereocenters. The average molecular weight is 228 g/mol. The summed E-state index contributed by atoms with van der Waals surface area (Å²) in [4.78, 5) is 0. The maximum atomic E-state index is 2.37. The zero-order valence-corrected chi connectivity index (χ0v) is 11.4. The van der Waals surface area contributed by atoms with Crippen molar-refractivity contribution in [3.05, 3.63) is 47.0 Å². The second-order valence-electron chi connectivity index (χ2n) is 5.79. The van der Waals surface area contributed by atoms with Crippen molar-refractivity contribution in [1.82, 2.24) is 0 Å². The van der Waals surface area contributed by atoms with Crippen LogP contribution in [0.1, 0.15) is 45.6 Å². The van der Waals surface area contributed by atoms with E-state index >= 15 is 0 Å². The van der Waals surface area contributed by atoms with E-state index in [2.05, 4.69) is 51.1 Å². The molecule has 0 spiro atoms. The SMILES string of the molecule is CC1=C(Cc2ccccc2)CC(C(C)C)CC1. The molecule has 1 aliphatic rings. The Morgan fingerprint density at radius 1 is 1.18 bits per heavy atom. The van der Waals surface area contributed by atoms with Gasteiger partial charge in [-0.2, -0.15) is 0 Å². The summed E-state index contributed by atoms with van der Waals surface area (Å²) < 4.78 is 0. The van der Waals surface area contributed by atoms with Gasteiger partial charge in [0.25, 0.3) is 0 Å². The first-order valence-corrected chi connectivity index (χ1v) is 6.88. The molecule has 1 aliphatic carbocycles. The van der Waals surface area contributed by atoms with E-state index in [1.54, 1.807) is 11.1 Å². The third-order valence-electron chi connectivity index (χ3n) is 4.21. The fourth-order valence-corrected chi connectivity index (χ4v) is 2.81. The molecule has 92 valence electrons. The third-order valence-corrected chi connectivity index (χ3v) is 4.21. The lowest BCUT2D eigenvalue weighted by atomic mass is 9.77. The summed E-state index contributed by atoms with van der Waals surface area (Å²) in [5.41, 5.74) is 4.80. The van der Waals surface area contributed by atoms with E-state index in [4.69, 9.17) is 0 Å². The molecule has 0 bridgehead atoms. The van der Waals surface area contributed by atoms with Gasteiger partial charge in [-0.05, 0) is 50.0 Å². The van der Waals surface area contributed by atoms with Crippen molar-refractivity contribution in [2.75, 3.05) is 0 Å². The molecule has 0 saturated carbocycles. The van der Waals surface area contributed by atoms with Crippen LogP contribution in [0.2, 0.25) is 0 Å². The van der Waals surface area contributed by atoms with Crippen LogP contribution in [0.25, 0.3) is 0 Å². The van der Waals surface area contributed by atoms with Crippen LogP contribution in [-0.4, -0.2) is 0 Å². The molecule has 0 heterocycles. The van der Waals surface area contributed by atoms with Crippen LogP contribution in [-0.2, 0) is 6.42 Å². The highest BCUT2D eigenvalue weighted by Gasteiger charge is 2.21. The summed E-state index contributed by atoms with van der Waals surface area (Å²) in [5.74, 6) is 1.73. The van der Waals surface area contributed by atoms with Crippen molar-refractivity contribution >= 4 is 0 Å². The van der Waals surface area contributed by atoms with E-state index in [0.29, 0.717) is 0 Å². The van der Waals surface area contributed by atoms with Gasteiger partial charge in [-0.15, -0.1) is 0 Å². The van der Waals surface area contributed by atoms with Crippen molar-refractivity contribution < 1.29 is 0 Å². The Labute approximate surface area is 106 Å². The highest BCUT2D eigenvalue weighted by molar-refractivity contribution is 5.26. The highest BCUT2D eigenvalue weighted by Crippen LogP contribution is 2.35. The number of hydrogen-bond acceptors (Lipinski definition) is 0. The fourth-order valence-electron chi connectivity index (χ4n) is 2.81. The quantitative estimate of drug-likeness (QED) is 0.638. The van der Waals surface area contributed by atoms with Crippen molar-refractivity contribution in [1.29, 1.82) is 0 Å². The normalized spacial score (nSPS) is 21.1. The van der Waals surface area contributed by atoms with E-state index < -0.39 is 0 Å². The Morgan fingerprint density at radius 2 is 1.88 bits per heavy atom. The van der Waals surface area contributed by atoms with Gasteiger partial charge in [0.15, 0.2) is 0 Å². The smallest absolute Gasteiger partial charge is 0.00644 e. The lowest BCUT2D eigenvalue weighted by Crippen LogP contribution is -2.16. The molecule has 1 aromatic rings. The molecule has 0 N–H and O–H groups in total. The van der Waals surface area contributed by atoms with Gasteiger partial charge in [-0.25, -0.2) is 0 Å². The van der Waals surface area contributed by atoms with Crippen LogP contribution in [0, 0.1) is 11.8 Å². The lowest BCUT2D eigenvalue weighted by molar-refractivity contribution is 0.339. The summed E-state index contributed by atoms with van der Waals surface area (Å²) >= 11 is 0. The Hall–Kier alpha value is -1.04. The topological polar surface area (TPSA) is 0 Å². The second kappa shape index (κ2) is 5.53. The van der Waals surface area contributed by atoms with E-state index in [1.165, 1.54) is 24.8 Å².